The summed E-state index contributed by atoms with van der Waals surface area (Å²) in [4.78, 5) is 14.7. The number of hydrogen-bond donors (Lipinski definition) is 1. The highest BCUT2D eigenvalue weighted by Gasteiger charge is 2.15. The summed E-state index contributed by atoms with van der Waals surface area (Å²) in [5, 5.41) is 2.90. The van der Waals surface area contributed by atoms with E-state index in [1.54, 1.807) is 20.3 Å². The molecule has 0 saturated carbocycles. The van der Waals surface area contributed by atoms with Gasteiger partial charge in [-0.25, -0.2) is 0 Å². The monoisotopic (exact) mass is 380 g/mol. The molecule has 0 radical (unpaired) electrons. The SMILES string of the molecule is COc1ccc(OC)c(/C=C/C(=O)Nc2ccc(N3CCC(C)CC3)cc2)c1. The number of anilines is 2. The second-order valence-electron chi connectivity index (χ2n) is 7.15. The van der Waals surface area contributed by atoms with Crippen LogP contribution in [0.5, 0.6) is 11.5 Å². The smallest absolute Gasteiger partial charge is 0.248 e. The Hall–Kier alpha value is -2.95. The van der Waals surface area contributed by atoms with Crippen molar-refractivity contribution in [2.24, 2.45) is 5.92 Å². The molecule has 1 aliphatic heterocycles. The molecular formula is C23H28N2O3. The van der Waals surface area contributed by atoms with Crippen LogP contribution < -0.4 is 19.7 Å². The molecule has 1 saturated heterocycles. The zero-order chi connectivity index (χ0) is 19.9. The van der Waals surface area contributed by atoms with E-state index in [4.69, 9.17) is 9.47 Å². The molecule has 0 atom stereocenters. The van der Waals surface area contributed by atoms with Crippen molar-refractivity contribution in [1.82, 2.24) is 0 Å². The van der Waals surface area contributed by atoms with Crippen LogP contribution in [0.1, 0.15) is 25.3 Å². The van der Waals surface area contributed by atoms with Crippen molar-refractivity contribution >= 4 is 23.4 Å². The maximum absolute atomic E-state index is 12.3. The minimum Gasteiger partial charge on any atom is -0.497 e. The fraction of sp³-hybridized carbons (Fsp3) is 0.348. The van der Waals surface area contributed by atoms with E-state index in [1.165, 1.54) is 24.6 Å². The van der Waals surface area contributed by atoms with E-state index in [1.807, 2.05) is 30.3 Å². The quantitative estimate of drug-likeness (QED) is 0.745. The number of carbonyl (C=O) groups is 1. The molecule has 1 heterocycles. The van der Waals surface area contributed by atoms with Crippen LogP contribution in [0.3, 0.4) is 0 Å². The number of nitrogens with zero attached hydrogens (tertiary/aromatic N) is 1. The van der Waals surface area contributed by atoms with Gasteiger partial charge in [0, 0.05) is 36.1 Å². The number of piperidine rings is 1. The number of benzene rings is 2. The lowest BCUT2D eigenvalue weighted by atomic mass is 9.99. The molecule has 148 valence electrons. The Kier molecular flexibility index (Phi) is 6.58. The number of methoxy groups -OCH3 is 2. The Morgan fingerprint density at radius 2 is 1.79 bits per heavy atom. The van der Waals surface area contributed by atoms with Crippen molar-refractivity contribution < 1.29 is 14.3 Å². The molecule has 3 rings (SSSR count). The first kappa shape index (κ1) is 19.8. The van der Waals surface area contributed by atoms with Crippen LogP contribution in [0.15, 0.2) is 48.5 Å². The van der Waals surface area contributed by atoms with Gasteiger partial charge in [0.25, 0.3) is 0 Å². The van der Waals surface area contributed by atoms with Crippen LogP contribution in [0.2, 0.25) is 0 Å². The molecule has 28 heavy (non-hydrogen) atoms. The Labute approximate surface area is 167 Å². The molecule has 2 aromatic carbocycles. The van der Waals surface area contributed by atoms with Gasteiger partial charge in [-0.2, -0.15) is 0 Å². The van der Waals surface area contributed by atoms with E-state index in [9.17, 15) is 4.79 Å². The summed E-state index contributed by atoms with van der Waals surface area (Å²) in [6.07, 6.45) is 5.69. The van der Waals surface area contributed by atoms with Crippen molar-refractivity contribution in [3.05, 3.63) is 54.1 Å². The van der Waals surface area contributed by atoms with Crippen molar-refractivity contribution in [2.75, 3.05) is 37.5 Å². The lowest BCUT2D eigenvalue weighted by Crippen LogP contribution is -2.32. The highest BCUT2D eigenvalue weighted by Crippen LogP contribution is 2.26. The standard InChI is InChI=1S/C23H28N2O3/c1-17-12-14-25(15-13-17)20-7-5-19(6-8-20)24-23(26)11-4-18-16-21(27-2)9-10-22(18)28-3/h4-11,16-17H,12-15H2,1-3H3,(H,24,26)/b11-4+. The molecule has 0 aromatic heterocycles. The fourth-order valence-electron chi connectivity index (χ4n) is 3.34. The van der Waals surface area contributed by atoms with Gasteiger partial charge >= 0.3 is 0 Å². The van der Waals surface area contributed by atoms with Gasteiger partial charge in [-0.05, 0) is 67.3 Å². The second kappa shape index (κ2) is 9.31. The highest BCUT2D eigenvalue weighted by molar-refractivity contribution is 6.02. The molecule has 5 heteroatoms. The van der Waals surface area contributed by atoms with Crippen molar-refractivity contribution in [2.45, 2.75) is 19.8 Å². The van der Waals surface area contributed by atoms with Crippen LogP contribution in [0.25, 0.3) is 6.08 Å². The molecule has 0 unspecified atom stereocenters. The topological polar surface area (TPSA) is 50.8 Å². The zero-order valence-corrected chi connectivity index (χ0v) is 16.8. The molecule has 1 aliphatic rings. The van der Waals surface area contributed by atoms with Gasteiger partial charge in [-0.1, -0.05) is 6.92 Å². The molecular weight excluding hydrogens is 352 g/mol. The first-order chi connectivity index (χ1) is 13.6. The lowest BCUT2D eigenvalue weighted by molar-refractivity contribution is -0.111. The summed E-state index contributed by atoms with van der Waals surface area (Å²) in [6.45, 7) is 4.50. The summed E-state index contributed by atoms with van der Waals surface area (Å²) in [5.41, 5.74) is 2.77. The van der Waals surface area contributed by atoms with Crippen LogP contribution in [0, 0.1) is 5.92 Å². The van der Waals surface area contributed by atoms with E-state index in [0.29, 0.717) is 11.5 Å². The minimum absolute atomic E-state index is 0.190. The average Bonchev–Trinajstić information content (AvgIpc) is 2.73. The third kappa shape index (κ3) is 5.06. The van der Waals surface area contributed by atoms with E-state index < -0.39 is 0 Å². The van der Waals surface area contributed by atoms with Crippen LogP contribution >= 0.6 is 0 Å². The van der Waals surface area contributed by atoms with E-state index in [-0.39, 0.29) is 5.91 Å². The van der Waals surface area contributed by atoms with Crippen LogP contribution in [-0.4, -0.2) is 33.2 Å². The third-order valence-corrected chi connectivity index (χ3v) is 5.13. The molecule has 5 nitrogen and oxygen atoms in total. The lowest BCUT2D eigenvalue weighted by Gasteiger charge is -2.32. The van der Waals surface area contributed by atoms with Gasteiger partial charge in [0.2, 0.25) is 5.91 Å². The predicted octanol–water partition coefficient (Wildman–Crippen LogP) is 4.59. The Bertz CT molecular complexity index is 822. The molecule has 2 aromatic rings. The molecule has 0 spiro atoms. The number of nitrogens with one attached hydrogen (secondary N) is 1. The minimum atomic E-state index is -0.190. The van der Waals surface area contributed by atoms with Gasteiger partial charge in [0.15, 0.2) is 0 Å². The summed E-state index contributed by atoms with van der Waals surface area (Å²) >= 11 is 0. The Balaban J connectivity index is 1.61. The maximum atomic E-state index is 12.3. The van der Waals surface area contributed by atoms with Gasteiger partial charge < -0.3 is 19.7 Å². The van der Waals surface area contributed by atoms with Crippen molar-refractivity contribution in [3.63, 3.8) is 0 Å². The molecule has 1 N–H and O–H groups in total. The third-order valence-electron chi connectivity index (χ3n) is 5.13. The first-order valence-electron chi connectivity index (χ1n) is 9.65. The largest absolute Gasteiger partial charge is 0.497 e. The van der Waals surface area contributed by atoms with Gasteiger partial charge in [0.1, 0.15) is 11.5 Å². The fourth-order valence-corrected chi connectivity index (χ4v) is 3.34. The number of hydrogen-bond acceptors (Lipinski definition) is 4. The number of ether oxygens (including phenoxy) is 2. The zero-order valence-electron chi connectivity index (χ0n) is 16.8. The van der Waals surface area contributed by atoms with Gasteiger partial charge in [-0.3, -0.25) is 4.79 Å². The summed E-state index contributed by atoms with van der Waals surface area (Å²) in [5.74, 6) is 2.02. The summed E-state index contributed by atoms with van der Waals surface area (Å²) in [7, 11) is 3.21. The average molecular weight is 380 g/mol. The summed E-state index contributed by atoms with van der Waals surface area (Å²) < 4.78 is 10.6. The maximum Gasteiger partial charge on any atom is 0.248 e. The molecule has 0 bridgehead atoms. The van der Waals surface area contributed by atoms with Crippen LogP contribution in [0.4, 0.5) is 11.4 Å². The van der Waals surface area contributed by atoms with E-state index in [0.717, 1.165) is 30.3 Å². The van der Waals surface area contributed by atoms with E-state index >= 15 is 0 Å². The number of rotatable bonds is 6. The highest BCUT2D eigenvalue weighted by atomic mass is 16.5. The van der Waals surface area contributed by atoms with Crippen molar-refractivity contribution in [3.8, 4) is 11.5 Å². The Morgan fingerprint density at radius 3 is 2.43 bits per heavy atom. The predicted molar refractivity (Wildman–Crippen MR) is 114 cm³/mol. The number of amides is 1. The van der Waals surface area contributed by atoms with Crippen LogP contribution in [-0.2, 0) is 4.79 Å². The normalized spacial score (nSPS) is 14.9. The molecule has 1 fully saturated rings. The number of carbonyl (C=O) groups excluding carboxylic acids is 1. The van der Waals surface area contributed by atoms with Gasteiger partial charge in [-0.15, -0.1) is 0 Å². The van der Waals surface area contributed by atoms with Crippen molar-refractivity contribution in [1.29, 1.82) is 0 Å². The van der Waals surface area contributed by atoms with Gasteiger partial charge in [0.05, 0.1) is 14.2 Å². The second-order valence-corrected chi connectivity index (χ2v) is 7.15. The Morgan fingerprint density at radius 1 is 1.07 bits per heavy atom. The summed E-state index contributed by atoms with van der Waals surface area (Å²) in [6, 6.07) is 13.5. The molecule has 1 amide bonds. The van der Waals surface area contributed by atoms with E-state index in [2.05, 4.69) is 29.3 Å². The first-order valence-corrected chi connectivity index (χ1v) is 9.65. The molecule has 0 aliphatic carbocycles.